The predicted octanol–water partition coefficient (Wildman–Crippen LogP) is 0.480. The van der Waals surface area contributed by atoms with E-state index in [2.05, 4.69) is 20.7 Å². The third-order valence-corrected chi connectivity index (χ3v) is 4.88. The molecule has 8 nitrogen and oxygen atoms in total. The number of hydrogen-bond donors (Lipinski definition) is 2. The second kappa shape index (κ2) is 6.09. The molecule has 8 heteroatoms. The fourth-order valence-electron chi connectivity index (χ4n) is 3.81. The fourth-order valence-corrected chi connectivity index (χ4v) is 3.81. The van der Waals surface area contributed by atoms with Crippen LogP contribution in [-0.4, -0.2) is 49.9 Å². The van der Waals surface area contributed by atoms with Crippen LogP contribution in [0, 0.1) is 6.92 Å². The van der Waals surface area contributed by atoms with Crippen LogP contribution in [0.25, 0.3) is 0 Å². The van der Waals surface area contributed by atoms with Gasteiger partial charge in [-0.2, -0.15) is 5.10 Å². The topological polar surface area (TPSA) is 98.1 Å². The molecule has 0 spiro atoms. The number of hydrogen-bond acceptors (Lipinski definition) is 5. The van der Waals surface area contributed by atoms with Crippen LogP contribution in [0.4, 0.5) is 0 Å². The van der Waals surface area contributed by atoms with Gasteiger partial charge in [0.25, 0.3) is 0 Å². The van der Waals surface area contributed by atoms with Crippen LogP contribution in [0.1, 0.15) is 52.2 Å². The summed E-state index contributed by atoms with van der Waals surface area (Å²) in [5.41, 5.74) is -0.819. The largest absolute Gasteiger partial charge is 0.367 e. The first kappa shape index (κ1) is 17.8. The minimum absolute atomic E-state index is 0.115. The zero-order valence-electron chi connectivity index (χ0n) is 15.5. The van der Waals surface area contributed by atoms with Gasteiger partial charge in [-0.05, 0) is 47.5 Å². The third-order valence-electron chi connectivity index (χ3n) is 4.88. The van der Waals surface area contributed by atoms with Crippen molar-refractivity contribution in [3.63, 3.8) is 0 Å². The molecule has 138 valence electrons. The van der Waals surface area contributed by atoms with Gasteiger partial charge in [0.15, 0.2) is 0 Å². The van der Waals surface area contributed by atoms with E-state index in [0.717, 1.165) is 24.5 Å². The molecule has 2 unspecified atom stereocenters. The molecule has 2 aliphatic rings. The van der Waals surface area contributed by atoms with E-state index in [4.69, 9.17) is 4.74 Å². The molecule has 1 saturated heterocycles. The van der Waals surface area contributed by atoms with Gasteiger partial charge in [-0.1, -0.05) is 0 Å². The number of aromatic nitrogens is 3. The van der Waals surface area contributed by atoms with Crippen molar-refractivity contribution >= 4 is 11.8 Å². The summed E-state index contributed by atoms with van der Waals surface area (Å²) in [7, 11) is 0. The van der Waals surface area contributed by atoms with E-state index in [1.807, 2.05) is 34.6 Å². The van der Waals surface area contributed by atoms with Crippen molar-refractivity contribution in [2.45, 2.75) is 83.7 Å². The van der Waals surface area contributed by atoms with Crippen molar-refractivity contribution in [3.8, 4) is 0 Å². The Labute approximate surface area is 147 Å². The number of carbonyl (C=O) groups excluding carboxylic acids is 2. The molecule has 1 fully saturated rings. The molecule has 0 aliphatic carbocycles. The molecule has 3 rings (SSSR count). The quantitative estimate of drug-likeness (QED) is 0.757. The number of aryl methyl sites for hydroxylation is 2. The molecule has 2 atom stereocenters. The van der Waals surface area contributed by atoms with E-state index in [9.17, 15) is 9.59 Å². The maximum atomic E-state index is 12.3. The normalized spacial score (nSPS) is 26.8. The van der Waals surface area contributed by atoms with Gasteiger partial charge >= 0.3 is 11.8 Å². The van der Waals surface area contributed by atoms with Gasteiger partial charge in [0.05, 0.1) is 23.8 Å². The van der Waals surface area contributed by atoms with E-state index in [-0.39, 0.29) is 17.7 Å². The lowest BCUT2D eigenvalue weighted by Gasteiger charge is -2.28. The van der Waals surface area contributed by atoms with Crippen molar-refractivity contribution in [3.05, 3.63) is 11.6 Å². The maximum absolute atomic E-state index is 12.3. The van der Waals surface area contributed by atoms with Crippen LogP contribution >= 0.6 is 0 Å². The summed E-state index contributed by atoms with van der Waals surface area (Å²) >= 11 is 0. The molecular formula is C17H27N5O3. The van der Waals surface area contributed by atoms with Gasteiger partial charge in [-0.3, -0.25) is 9.59 Å². The number of nitrogens with one attached hydrogen (secondary N) is 2. The molecule has 1 aromatic heterocycles. The van der Waals surface area contributed by atoms with Crippen molar-refractivity contribution in [1.29, 1.82) is 0 Å². The summed E-state index contributed by atoms with van der Waals surface area (Å²) in [6.07, 6.45) is 2.16. The van der Waals surface area contributed by atoms with E-state index in [1.54, 1.807) is 4.68 Å². The van der Waals surface area contributed by atoms with Crippen LogP contribution in [-0.2, 0) is 27.3 Å². The van der Waals surface area contributed by atoms with E-state index < -0.39 is 17.4 Å². The lowest BCUT2D eigenvalue weighted by atomic mass is 9.94. The molecule has 0 radical (unpaired) electrons. The Hall–Kier alpha value is -1.96. The summed E-state index contributed by atoms with van der Waals surface area (Å²) < 4.78 is 7.76. The van der Waals surface area contributed by atoms with Gasteiger partial charge in [0, 0.05) is 12.5 Å². The molecule has 0 bridgehead atoms. The Morgan fingerprint density at radius 1 is 1.20 bits per heavy atom. The maximum Gasteiger partial charge on any atom is 0.309 e. The summed E-state index contributed by atoms with van der Waals surface area (Å²) in [6, 6.07) is -0.312. The van der Waals surface area contributed by atoms with E-state index >= 15 is 0 Å². The van der Waals surface area contributed by atoms with Gasteiger partial charge in [0.1, 0.15) is 11.6 Å². The highest BCUT2D eigenvalue weighted by Crippen LogP contribution is 2.37. The number of rotatable bonds is 2. The molecule has 25 heavy (non-hydrogen) atoms. The highest BCUT2D eigenvalue weighted by Gasteiger charge is 2.47. The first-order valence-corrected chi connectivity index (χ1v) is 8.78. The Morgan fingerprint density at radius 2 is 1.88 bits per heavy atom. The van der Waals surface area contributed by atoms with Crippen molar-refractivity contribution < 1.29 is 14.3 Å². The SMILES string of the molecule is Cc1nc2n(n1)CC(NC(=O)C(=O)NC1CC(C)(C)OC1(C)C)CC2. The number of fused-ring (bicyclic) bond motifs is 1. The average molecular weight is 349 g/mol. The van der Waals surface area contributed by atoms with Crippen LogP contribution in [0.5, 0.6) is 0 Å². The molecule has 2 N–H and O–H groups in total. The second-order valence-electron chi connectivity index (χ2n) is 8.16. The van der Waals surface area contributed by atoms with Crippen LogP contribution in [0.3, 0.4) is 0 Å². The summed E-state index contributed by atoms with van der Waals surface area (Å²) in [5, 5.41) is 9.95. The summed E-state index contributed by atoms with van der Waals surface area (Å²) in [4.78, 5) is 28.9. The fraction of sp³-hybridized carbons (Fsp3) is 0.765. The Morgan fingerprint density at radius 3 is 2.52 bits per heavy atom. The van der Waals surface area contributed by atoms with E-state index in [1.165, 1.54) is 0 Å². The molecule has 3 heterocycles. The first-order valence-electron chi connectivity index (χ1n) is 8.78. The molecule has 0 aromatic carbocycles. The van der Waals surface area contributed by atoms with Gasteiger partial charge in [-0.25, -0.2) is 9.67 Å². The van der Waals surface area contributed by atoms with Gasteiger partial charge in [-0.15, -0.1) is 0 Å². The highest BCUT2D eigenvalue weighted by atomic mass is 16.5. The zero-order valence-corrected chi connectivity index (χ0v) is 15.5. The summed E-state index contributed by atoms with van der Waals surface area (Å²) in [5.74, 6) is 0.441. The molecular weight excluding hydrogens is 322 g/mol. The lowest BCUT2D eigenvalue weighted by Crippen LogP contribution is -2.53. The predicted molar refractivity (Wildman–Crippen MR) is 90.8 cm³/mol. The molecule has 2 aliphatic heterocycles. The Balaban J connectivity index is 1.56. The van der Waals surface area contributed by atoms with Crippen molar-refractivity contribution in [2.75, 3.05) is 0 Å². The highest BCUT2D eigenvalue weighted by molar-refractivity contribution is 6.35. The molecule has 0 saturated carbocycles. The van der Waals surface area contributed by atoms with Gasteiger partial charge < -0.3 is 15.4 Å². The molecule has 1 aromatic rings. The van der Waals surface area contributed by atoms with Crippen LogP contribution in [0.15, 0.2) is 0 Å². The minimum Gasteiger partial charge on any atom is -0.367 e. The Kier molecular flexibility index (Phi) is 4.35. The first-order chi connectivity index (χ1) is 11.6. The molecule has 2 amide bonds. The minimum atomic E-state index is -0.611. The average Bonchev–Trinajstić information content (AvgIpc) is 2.93. The lowest BCUT2D eigenvalue weighted by molar-refractivity contribution is -0.141. The smallest absolute Gasteiger partial charge is 0.309 e. The van der Waals surface area contributed by atoms with Crippen LogP contribution in [0.2, 0.25) is 0 Å². The third kappa shape index (κ3) is 3.84. The number of nitrogens with zero attached hydrogens (tertiary/aromatic N) is 3. The Bertz CT molecular complexity index is 694. The number of carbonyl (C=O) groups is 2. The van der Waals surface area contributed by atoms with Crippen LogP contribution < -0.4 is 10.6 Å². The van der Waals surface area contributed by atoms with Crippen molar-refractivity contribution in [1.82, 2.24) is 25.4 Å². The monoisotopic (exact) mass is 349 g/mol. The van der Waals surface area contributed by atoms with Crippen molar-refractivity contribution in [2.24, 2.45) is 0 Å². The van der Waals surface area contributed by atoms with E-state index in [0.29, 0.717) is 13.0 Å². The number of ether oxygens (including phenoxy) is 1. The summed E-state index contributed by atoms with van der Waals surface area (Å²) in [6.45, 7) is 10.2. The number of amides is 2. The second-order valence-corrected chi connectivity index (χ2v) is 8.16. The standard InChI is InChI=1S/C17H27N5O3/c1-10-18-13-7-6-11(9-22(13)21-10)19-14(23)15(24)20-12-8-16(2,3)25-17(12,4)5/h11-12H,6-9H2,1-5H3,(H,19,23)(H,20,24). The zero-order chi connectivity index (χ0) is 18.4. The van der Waals surface area contributed by atoms with Gasteiger partial charge in [0.2, 0.25) is 0 Å².